The number of sulfonamides is 1. The average molecular weight is 689 g/mol. The second kappa shape index (κ2) is 14.7. The fourth-order valence-corrected chi connectivity index (χ4v) is 9.76. The maximum Gasteiger partial charge on any atom is 0.257 e. The van der Waals surface area contributed by atoms with E-state index in [1.54, 1.807) is 16.4 Å². The molecule has 2 aromatic rings. The molecule has 0 unspecified atom stereocenters. The van der Waals surface area contributed by atoms with Crippen LogP contribution in [0.5, 0.6) is 0 Å². The van der Waals surface area contributed by atoms with E-state index < -0.39 is 15.1 Å². The number of rotatable bonds is 7. The van der Waals surface area contributed by atoms with E-state index in [-0.39, 0.29) is 40.5 Å². The normalized spacial score (nSPS) is 23.6. The molecule has 4 fully saturated rings. The highest BCUT2D eigenvalue weighted by Crippen LogP contribution is 2.41. The second-order valence-electron chi connectivity index (χ2n) is 13.9. The van der Waals surface area contributed by atoms with Crippen LogP contribution in [0.15, 0.2) is 30.6 Å². The van der Waals surface area contributed by atoms with Gasteiger partial charge in [0.1, 0.15) is 12.1 Å². The van der Waals surface area contributed by atoms with E-state index in [0.29, 0.717) is 31.7 Å². The number of benzene rings is 1. The Morgan fingerprint density at radius 1 is 1.00 bits per heavy atom. The largest absolute Gasteiger partial charge is 0.356 e. The molecule has 3 aliphatic heterocycles. The summed E-state index contributed by atoms with van der Waals surface area (Å²) in [5, 5.41) is 14.6. The van der Waals surface area contributed by atoms with Gasteiger partial charge in [-0.2, -0.15) is 0 Å². The predicted molar refractivity (Wildman–Crippen MR) is 179 cm³/mol. The molecule has 0 bridgehead atoms. The minimum Gasteiger partial charge on any atom is -0.356 e. The highest BCUT2D eigenvalue weighted by Gasteiger charge is 2.45. The van der Waals surface area contributed by atoms with Crippen LogP contribution < -0.4 is 0 Å². The van der Waals surface area contributed by atoms with Crippen molar-refractivity contribution in [1.29, 1.82) is 0 Å². The van der Waals surface area contributed by atoms with Gasteiger partial charge >= 0.3 is 0 Å². The first kappa shape index (κ1) is 36.0. The van der Waals surface area contributed by atoms with Crippen LogP contribution in [0, 0.1) is 40.9 Å². The number of amides is 1. The van der Waals surface area contributed by atoms with Crippen molar-refractivity contribution in [2.45, 2.75) is 89.1 Å². The van der Waals surface area contributed by atoms with Crippen LogP contribution in [-0.4, -0.2) is 111 Å². The quantitative estimate of drug-likeness (QED) is 0.309. The molecule has 3 saturated heterocycles. The van der Waals surface area contributed by atoms with Gasteiger partial charge in [0.15, 0.2) is 0 Å². The highest BCUT2D eigenvalue weighted by molar-refractivity contribution is 7.90. The third kappa shape index (κ3) is 7.95. The lowest BCUT2D eigenvalue weighted by atomic mass is 9.82. The van der Waals surface area contributed by atoms with Crippen molar-refractivity contribution in [3.63, 3.8) is 0 Å². The zero-order chi connectivity index (χ0) is 34.8. The molecule has 15 heteroatoms. The summed E-state index contributed by atoms with van der Waals surface area (Å²) in [6.45, 7) is 13.5. The Morgan fingerprint density at radius 3 is 2.15 bits per heavy atom. The Bertz CT molecular complexity index is 1550. The van der Waals surface area contributed by atoms with Crippen molar-refractivity contribution in [1.82, 2.24) is 29.0 Å². The number of likely N-dealkylation sites (tertiary alicyclic amines) is 1. The number of carbonyl (C=O) groups is 1. The van der Waals surface area contributed by atoms with Gasteiger partial charge in [-0.05, 0) is 89.8 Å². The second-order valence-corrected chi connectivity index (χ2v) is 16.2. The fourth-order valence-electron chi connectivity index (χ4n) is 7.89. The monoisotopic (exact) mass is 688 g/mol. The Kier molecular flexibility index (Phi) is 11.0. The standard InChI is InChI=1S/C33H47FN6O3S.NO3/c1-23-21-38(33(4)12-16-37(17-13-33)32(41)30-24(2)35-22-36-25(30)3)18-19-40(23)31(27-6-5-7-28(34)20-27)26-10-14-39(15-11-26)44(42,43)29-8-9-29;2-1(3)4/h5-7,20,22-23,26,29,31H,8-19,21H2,1-4H3;/q;-1/t23-,31+;/m1./s1. The van der Waals surface area contributed by atoms with Crippen molar-refractivity contribution >= 4 is 15.9 Å². The van der Waals surface area contributed by atoms with Crippen molar-refractivity contribution in [2.24, 2.45) is 5.92 Å². The Hall–Kier alpha value is -3.27. The SMILES string of the molecule is Cc1ncnc(C)c1C(=O)N1CCC(C)(N2CCN([C@H](c3cccc(F)c3)C3CCN(S(=O)(=O)C4CC4)CC3)[C@H](C)C2)CC1.O=[N+]([O-])[O-]. The van der Waals surface area contributed by atoms with Crippen LogP contribution in [0.1, 0.15) is 85.7 Å². The van der Waals surface area contributed by atoms with Gasteiger partial charge in [-0.3, -0.25) is 14.6 Å². The molecular weight excluding hydrogens is 641 g/mol. The third-order valence-electron chi connectivity index (χ3n) is 10.8. The number of piperidine rings is 2. The predicted octanol–water partition coefficient (Wildman–Crippen LogP) is 3.94. The van der Waals surface area contributed by atoms with Crippen molar-refractivity contribution in [3.8, 4) is 0 Å². The lowest BCUT2D eigenvalue weighted by Crippen LogP contribution is -2.63. The van der Waals surface area contributed by atoms with E-state index in [4.69, 9.17) is 15.3 Å². The first-order valence-corrected chi connectivity index (χ1v) is 18.4. The van der Waals surface area contributed by atoms with Gasteiger partial charge < -0.3 is 20.2 Å². The molecule has 6 rings (SSSR count). The van der Waals surface area contributed by atoms with Gasteiger partial charge in [0.2, 0.25) is 10.0 Å². The number of halogens is 1. The molecule has 1 aliphatic carbocycles. The molecule has 1 saturated carbocycles. The van der Waals surface area contributed by atoms with Gasteiger partial charge in [0, 0.05) is 63.4 Å². The zero-order valence-corrected chi connectivity index (χ0v) is 29.1. The molecule has 48 heavy (non-hydrogen) atoms. The van der Waals surface area contributed by atoms with Crippen molar-refractivity contribution < 1.29 is 22.7 Å². The van der Waals surface area contributed by atoms with Crippen LogP contribution in [-0.2, 0) is 10.0 Å². The summed E-state index contributed by atoms with van der Waals surface area (Å²) in [5.74, 6) is 0.0544. The topological polar surface area (TPSA) is 156 Å². The van der Waals surface area contributed by atoms with E-state index in [1.807, 2.05) is 24.8 Å². The first-order chi connectivity index (χ1) is 22.7. The molecule has 0 radical (unpaired) electrons. The fraction of sp³-hybridized carbons (Fsp3) is 0.667. The van der Waals surface area contributed by atoms with E-state index in [2.05, 4.69) is 33.6 Å². The highest BCUT2D eigenvalue weighted by atomic mass is 32.2. The molecule has 1 amide bonds. The summed E-state index contributed by atoms with van der Waals surface area (Å²) < 4.78 is 42.0. The van der Waals surface area contributed by atoms with Gasteiger partial charge in [-0.15, -0.1) is 0 Å². The van der Waals surface area contributed by atoms with Gasteiger partial charge in [-0.25, -0.2) is 27.1 Å². The summed E-state index contributed by atoms with van der Waals surface area (Å²) in [4.78, 5) is 37.2. The van der Waals surface area contributed by atoms with Crippen LogP contribution >= 0.6 is 0 Å². The summed E-state index contributed by atoms with van der Waals surface area (Å²) in [6, 6.07) is 7.29. The maximum absolute atomic E-state index is 14.5. The Labute approximate surface area is 282 Å². The number of nitrogens with zero attached hydrogens (tertiary/aromatic N) is 7. The lowest BCUT2D eigenvalue weighted by Gasteiger charge is -2.54. The number of hydrogen-bond donors (Lipinski definition) is 0. The van der Waals surface area contributed by atoms with Crippen LogP contribution in [0.4, 0.5) is 4.39 Å². The average Bonchev–Trinajstić information content (AvgIpc) is 3.89. The smallest absolute Gasteiger partial charge is 0.257 e. The van der Waals surface area contributed by atoms with Gasteiger partial charge in [0.05, 0.1) is 27.3 Å². The minimum absolute atomic E-state index is 0.00866. The molecule has 0 spiro atoms. The number of hydrogen-bond acceptors (Lipinski definition) is 10. The van der Waals surface area contributed by atoms with Crippen molar-refractivity contribution in [3.05, 3.63) is 74.2 Å². The summed E-state index contributed by atoms with van der Waals surface area (Å²) in [5.41, 5.74) is 3.05. The van der Waals surface area contributed by atoms with Crippen molar-refractivity contribution in [2.75, 3.05) is 45.8 Å². The number of piperazine rings is 1. The molecule has 4 heterocycles. The summed E-state index contributed by atoms with van der Waals surface area (Å²) in [6.07, 6.45) is 6.45. The molecule has 4 aliphatic rings. The number of aromatic nitrogens is 2. The van der Waals surface area contributed by atoms with E-state index in [0.717, 1.165) is 75.1 Å². The molecule has 1 aromatic heterocycles. The molecule has 0 N–H and O–H groups in total. The minimum atomic E-state index is -3.18. The Morgan fingerprint density at radius 2 is 1.60 bits per heavy atom. The van der Waals surface area contributed by atoms with Gasteiger partial charge in [-0.1, -0.05) is 12.1 Å². The van der Waals surface area contributed by atoms with E-state index in [9.17, 15) is 17.6 Å². The molecule has 2 atom stereocenters. The van der Waals surface area contributed by atoms with E-state index >= 15 is 0 Å². The lowest BCUT2D eigenvalue weighted by molar-refractivity contribution is -0.402. The molecule has 13 nitrogen and oxygen atoms in total. The van der Waals surface area contributed by atoms with E-state index in [1.165, 1.54) is 12.4 Å². The summed E-state index contributed by atoms with van der Waals surface area (Å²) in [7, 11) is -3.18. The molecule has 264 valence electrons. The summed E-state index contributed by atoms with van der Waals surface area (Å²) >= 11 is 0. The maximum atomic E-state index is 14.5. The Balaban J connectivity index is 0.00000107. The molecule has 1 aromatic carbocycles. The van der Waals surface area contributed by atoms with Crippen LogP contribution in [0.2, 0.25) is 0 Å². The van der Waals surface area contributed by atoms with Crippen LogP contribution in [0.25, 0.3) is 0 Å². The van der Waals surface area contributed by atoms with Crippen LogP contribution in [0.3, 0.4) is 0 Å². The third-order valence-corrected chi connectivity index (χ3v) is 13.2. The van der Waals surface area contributed by atoms with Gasteiger partial charge in [0.25, 0.3) is 5.91 Å². The molecular formula is C33H47FN7O6S-. The number of aryl methyl sites for hydroxylation is 2. The number of carbonyl (C=O) groups excluding carboxylic acids is 1. The zero-order valence-electron chi connectivity index (χ0n) is 28.3. The first-order valence-electron chi connectivity index (χ1n) is 16.9.